The molecule has 2 aromatic carbocycles. The predicted octanol–water partition coefficient (Wildman–Crippen LogP) is 4.17. The minimum atomic E-state index is -0.686. The van der Waals surface area contributed by atoms with Crippen LogP contribution in [0.4, 0.5) is 0 Å². The summed E-state index contributed by atoms with van der Waals surface area (Å²) < 4.78 is 7.97. The number of aliphatic hydroxyl groups is 1. The molecular formula is C24H22BrN3O4. The van der Waals surface area contributed by atoms with Crippen molar-refractivity contribution < 1.29 is 19.4 Å². The molecule has 32 heavy (non-hydrogen) atoms. The number of methoxy groups -OCH3 is 1. The van der Waals surface area contributed by atoms with E-state index in [0.717, 1.165) is 10.0 Å². The van der Waals surface area contributed by atoms with Crippen molar-refractivity contribution in [1.82, 2.24) is 14.5 Å². The second-order valence-corrected chi connectivity index (χ2v) is 8.34. The van der Waals surface area contributed by atoms with Gasteiger partial charge in [-0.3, -0.25) is 9.59 Å². The number of nitrogens with zero attached hydrogens (tertiary/aromatic N) is 3. The molecule has 0 radical (unpaired) electrons. The number of benzene rings is 2. The van der Waals surface area contributed by atoms with Gasteiger partial charge in [-0.2, -0.15) is 0 Å². The number of Topliss-reactive ketones (excluding diaryl/α,β-unsaturated/α-hetero) is 1. The van der Waals surface area contributed by atoms with E-state index in [4.69, 9.17) is 4.74 Å². The number of carbonyl (C=O) groups is 2. The number of aliphatic hydroxyl groups excluding tert-OH is 1. The number of aromatic nitrogens is 2. The predicted molar refractivity (Wildman–Crippen MR) is 123 cm³/mol. The zero-order valence-corrected chi connectivity index (χ0v) is 19.0. The van der Waals surface area contributed by atoms with E-state index in [1.807, 2.05) is 35.0 Å². The van der Waals surface area contributed by atoms with Crippen molar-refractivity contribution in [2.45, 2.75) is 19.0 Å². The van der Waals surface area contributed by atoms with Crippen LogP contribution in [0.2, 0.25) is 0 Å². The second-order valence-electron chi connectivity index (χ2n) is 7.43. The first-order valence-electron chi connectivity index (χ1n) is 10.1. The van der Waals surface area contributed by atoms with E-state index in [2.05, 4.69) is 20.9 Å². The average Bonchev–Trinajstić information content (AvgIpc) is 3.41. The van der Waals surface area contributed by atoms with Crippen molar-refractivity contribution in [2.75, 3.05) is 13.7 Å². The molecule has 1 aliphatic heterocycles. The van der Waals surface area contributed by atoms with E-state index >= 15 is 0 Å². The molecular weight excluding hydrogens is 474 g/mol. The quantitative estimate of drug-likeness (QED) is 0.302. The first kappa shape index (κ1) is 21.8. The molecule has 7 nitrogen and oxygen atoms in total. The van der Waals surface area contributed by atoms with Gasteiger partial charge in [0.05, 0.1) is 25.1 Å². The SMILES string of the molecule is COc1ccc(/C(O)=C2/C(=O)C(=O)N(CCCn3ccnc3)C2c2ccc(Br)cc2)cc1. The van der Waals surface area contributed by atoms with Gasteiger partial charge in [-0.1, -0.05) is 28.1 Å². The van der Waals surface area contributed by atoms with Crippen LogP contribution in [0.3, 0.4) is 0 Å². The highest BCUT2D eigenvalue weighted by molar-refractivity contribution is 9.10. The van der Waals surface area contributed by atoms with Crippen molar-refractivity contribution in [3.8, 4) is 5.75 Å². The highest BCUT2D eigenvalue weighted by Crippen LogP contribution is 2.40. The number of hydrogen-bond donors (Lipinski definition) is 1. The summed E-state index contributed by atoms with van der Waals surface area (Å²) >= 11 is 3.42. The molecule has 164 valence electrons. The van der Waals surface area contributed by atoms with E-state index in [-0.39, 0.29) is 11.3 Å². The maximum atomic E-state index is 13.0. The summed E-state index contributed by atoms with van der Waals surface area (Å²) in [6.45, 7) is 1.03. The Bertz CT molecular complexity index is 1140. The molecule has 4 rings (SSSR count). The van der Waals surface area contributed by atoms with Gasteiger partial charge in [0.25, 0.3) is 11.7 Å². The van der Waals surface area contributed by atoms with E-state index < -0.39 is 17.7 Å². The zero-order valence-electron chi connectivity index (χ0n) is 17.4. The Hall–Kier alpha value is -3.39. The topological polar surface area (TPSA) is 84.7 Å². The van der Waals surface area contributed by atoms with Crippen LogP contribution in [-0.2, 0) is 16.1 Å². The fourth-order valence-electron chi connectivity index (χ4n) is 3.85. The minimum absolute atomic E-state index is 0.0881. The lowest BCUT2D eigenvalue weighted by atomic mass is 9.95. The van der Waals surface area contributed by atoms with Gasteiger partial charge < -0.3 is 19.3 Å². The molecule has 1 atom stereocenters. The van der Waals surface area contributed by atoms with Gasteiger partial charge >= 0.3 is 0 Å². The number of carbonyl (C=O) groups excluding carboxylic acids is 2. The maximum Gasteiger partial charge on any atom is 0.295 e. The van der Waals surface area contributed by atoms with Crippen LogP contribution in [0.1, 0.15) is 23.6 Å². The van der Waals surface area contributed by atoms with E-state index in [0.29, 0.717) is 30.8 Å². The fraction of sp³-hybridized carbons (Fsp3) is 0.208. The molecule has 1 N–H and O–H groups in total. The Balaban J connectivity index is 1.71. The van der Waals surface area contributed by atoms with Crippen LogP contribution in [0.15, 0.2) is 77.3 Å². The first-order valence-corrected chi connectivity index (χ1v) is 10.9. The van der Waals surface area contributed by atoms with Crippen molar-refractivity contribution in [3.05, 3.63) is 88.4 Å². The van der Waals surface area contributed by atoms with Crippen LogP contribution in [0.5, 0.6) is 5.75 Å². The van der Waals surface area contributed by atoms with Crippen LogP contribution in [0.25, 0.3) is 5.76 Å². The Morgan fingerprint density at radius 2 is 1.81 bits per heavy atom. The summed E-state index contributed by atoms with van der Waals surface area (Å²) in [6, 6.07) is 13.5. The van der Waals surface area contributed by atoms with E-state index in [9.17, 15) is 14.7 Å². The molecule has 2 heterocycles. The third-order valence-corrected chi connectivity index (χ3v) is 5.99. The zero-order chi connectivity index (χ0) is 22.7. The van der Waals surface area contributed by atoms with Gasteiger partial charge in [0, 0.05) is 35.5 Å². The number of ketones is 1. The second kappa shape index (κ2) is 9.40. The summed E-state index contributed by atoms with van der Waals surface area (Å²) in [5.41, 5.74) is 1.29. The van der Waals surface area contributed by atoms with Gasteiger partial charge in [-0.05, 0) is 48.4 Å². The molecule has 1 aromatic heterocycles. The third kappa shape index (κ3) is 4.31. The Morgan fingerprint density at radius 1 is 1.09 bits per heavy atom. The normalized spacial score (nSPS) is 17.7. The van der Waals surface area contributed by atoms with Crippen molar-refractivity contribution in [2.24, 2.45) is 0 Å². The summed E-state index contributed by atoms with van der Waals surface area (Å²) in [5.74, 6) is -0.866. The number of imidazole rings is 1. The number of ether oxygens (including phenoxy) is 1. The average molecular weight is 496 g/mol. The lowest BCUT2D eigenvalue weighted by Gasteiger charge is -2.25. The van der Waals surface area contributed by atoms with Crippen LogP contribution in [-0.4, -0.2) is 44.9 Å². The smallest absolute Gasteiger partial charge is 0.295 e. The largest absolute Gasteiger partial charge is 0.507 e. The molecule has 0 aliphatic carbocycles. The molecule has 0 saturated carbocycles. The maximum absolute atomic E-state index is 13.0. The summed E-state index contributed by atoms with van der Waals surface area (Å²) in [7, 11) is 1.55. The summed E-state index contributed by atoms with van der Waals surface area (Å²) in [5, 5.41) is 11.1. The number of amides is 1. The monoisotopic (exact) mass is 495 g/mol. The Labute approximate surface area is 194 Å². The Morgan fingerprint density at radius 3 is 2.44 bits per heavy atom. The standard InChI is InChI=1S/C24H22BrN3O4/c1-32-19-9-5-17(6-10-19)22(29)20-21(16-3-7-18(25)8-4-16)28(24(31)23(20)30)13-2-12-27-14-11-26-15-27/h3-11,14-15,21,29H,2,12-13H2,1H3/b22-20-. The third-order valence-electron chi connectivity index (χ3n) is 5.46. The molecule has 1 unspecified atom stereocenters. The minimum Gasteiger partial charge on any atom is -0.507 e. The molecule has 0 spiro atoms. The first-order chi connectivity index (χ1) is 15.5. The van der Waals surface area contributed by atoms with Crippen molar-refractivity contribution in [3.63, 3.8) is 0 Å². The highest BCUT2D eigenvalue weighted by Gasteiger charge is 2.45. The summed E-state index contributed by atoms with van der Waals surface area (Å²) in [6.07, 6.45) is 5.90. The molecule has 0 bridgehead atoms. The van der Waals surface area contributed by atoms with E-state index in [1.54, 1.807) is 43.9 Å². The van der Waals surface area contributed by atoms with Gasteiger partial charge in [-0.15, -0.1) is 0 Å². The molecule has 1 amide bonds. The Kier molecular flexibility index (Phi) is 6.41. The fourth-order valence-corrected chi connectivity index (χ4v) is 4.11. The number of halogens is 1. The van der Waals surface area contributed by atoms with Crippen molar-refractivity contribution >= 4 is 33.4 Å². The van der Waals surface area contributed by atoms with Crippen LogP contribution in [0, 0.1) is 0 Å². The number of rotatable bonds is 7. The molecule has 1 aliphatic rings. The van der Waals surface area contributed by atoms with Gasteiger partial charge in [-0.25, -0.2) is 4.98 Å². The number of aryl methyl sites for hydroxylation is 1. The lowest BCUT2D eigenvalue weighted by molar-refractivity contribution is -0.139. The van der Waals surface area contributed by atoms with Crippen LogP contribution >= 0.6 is 15.9 Å². The van der Waals surface area contributed by atoms with Gasteiger partial charge in [0.1, 0.15) is 11.5 Å². The van der Waals surface area contributed by atoms with Gasteiger partial charge in [0.15, 0.2) is 0 Å². The van der Waals surface area contributed by atoms with Crippen LogP contribution < -0.4 is 4.74 Å². The van der Waals surface area contributed by atoms with E-state index in [1.165, 1.54) is 4.90 Å². The summed E-state index contributed by atoms with van der Waals surface area (Å²) in [4.78, 5) is 31.6. The highest BCUT2D eigenvalue weighted by atomic mass is 79.9. The number of likely N-dealkylation sites (tertiary alicyclic amines) is 1. The van der Waals surface area contributed by atoms with Gasteiger partial charge in [0.2, 0.25) is 0 Å². The van der Waals surface area contributed by atoms with Crippen molar-refractivity contribution in [1.29, 1.82) is 0 Å². The lowest BCUT2D eigenvalue weighted by Crippen LogP contribution is -2.31. The molecule has 1 saturated heterocycles. The number of hydrogen-bond acceptors (Lipinski definition) is 5. The molecule has 3 aromatic rings. The molecule has 8 heteroatoms. The molecule has 1 fully saturated rings.